The van der Waals surface area contributed by atoms with E-state index in [-0.39, 0.29) is 35.6 Å². The SMILES string of the molecule is CC(C)c1ccc(O)c(C(=O)NCc2cccc(NC(=O)c3ccncc3)c2)c1. The van der Waals surface area contributed by atoms with E-state index in [2.05, 4.69) is 15.6 Å². The van der Waals surface area contributed by atoms with E-state index in [1.807, 2.05) is 26.0 Å². The Balaban J connectivity index is 1.66. The summed E-state index contributed by atoms with van der Waals surface area (Å²) >= 11 is 0. The van der Waals surface area contributed by atoms with Crippen molar-refractivity contribution in [1.29, 1.82) is 0 Å². The monoisotopic (exact) mass is 389 g/mol. The second kappa shape index (κ2) is 9.01. The Morgan fingerprint density at radius 1 is 1.00 bits per heavy atom. The summed E-state index contributed by atoms with van der Waals surface area (Å²) in [6, 6.07) is 15.6. The number of hydrogen-bond donors (Lipinski definition) is 3. The van der Waals surface area contributed by atoms with E-state index in [9.17, 15) is 14.7 Å². The van der Waals surface area contributed by atoms with Crippen molar-refractivity contribution in [3.63, 3.8) is 0 Å². The Morgan fingerprint density at radius 2 is 1.76 bits per heavy atom. The Morgan fingerprint density at radius 3 is 2.48 bits per heavy atom. The van der Waals surface area contributed by atoms with Crippen LogP contribution in [0.15, 0.2) is 67.0 Å². The molecule has 1 aromatic heterocycles. The summed E-state index contributed by atoms with van der Waals surface area (Å²) < 4.78 is 0. The third-order valence-corrected chi connectivity index (χ3v) is 4.51. The van der Waals surface area contributed by atoms with Gasteiger partial charge in [0.2, 0.25) is 0 Å². The van der Waals surface area contributed by atoms with Crippen LogP contribution >= 0.6 is 0 Å². The van der Waals surface area contributed by atoms with E-state index in [4.69, 9.17) is 0 Å². The maximum Gasteiger partial charge on any atom is 0.255 e. The number of phenols is 1. The first-order valence-corrected chi connectivity index (χ1v) is 9.35. The van der Waals surface area contributed by atoms with Gasteiger partial charge in [-0.3, -0.25) is 14.6 Å². The van der Waals surface area contributed by atoms with Gasteiger partial charge in [0.15, 0.2) is 0 Å². The number of carbonyl (C=O) groups excluding carboxylic acids is 2. The van der Waals surface area contributed by atoms with Crippen LogP contribution in [0.4, 0.5) is 5.69 Å². The van der Waals surface area contributed by atoms with Gasteiger partial charge in [-0.05, 0) is 53.4 Å². The van der Waals surface area contributed by atoms with Crippen LogP contribution in [0.25, 0.3) is 0 Å². The zero-order valence-electron chi connectivity index (χ0n) is 16.3. The van der Waals surface area contributed by atoms with Gasteiger partial charge in [-0.2, -0.15) is 0 Å². The van der Waals surface area contributed by atoms with Gasteiger partial charge in [0.25, 0.3) is 11.8 Å². The van der Waals surface area contributed by atoms with Gasteiger partial charge in [-0.15, -0.1) is 0 Å². The fraction of sp³-hybridized carbons (Fsp3) is 0.174. The number of amides is 2. The van der Waals surface area contributed by atoms with Crippen molar-refractivity contribution in [2.45, 2.75) is 26.3 Å². The van der Waals surface area contributed by atoms with Crippen LogP contribution in [0.5, 0.6) is 5.75 Å². The van der Waals surface area contributed by atoms with E-state index in [0.717, 1.165) is 11.1 Å². The number of benzene rings is 2. The molecule has 0 saturated heterocycles. The van der Waals surface area contributed by atoms with Gasteiger partial charge < -0.3 is 15.7 Å². The molecule has 0 radical (unpaired) electrons. The normalized spacial score (nSPS) is 10.6. The largest absolute Gasteiger partial charge is 0.507 e. The third-order valence-electron chi connectivity index (χ3n) is 4.51. The summed E-state index contributed by atoms with van der Waals surface area (Å²) in [4.78, 5) is 28.7. The number of phenolic OH excluding ortho intramolecular Hbond substituents is 1. The number of carbonyl (C=O) groups is 2. The number of rotatable bonds is 6. The van der Waals surface area contributed by atoms with E-state index in [1.165, 1.54) is 0 Å². The fourth-order valence-electron chi connectivity index (χ4n) is 2.84. The van der Waals surface area contributed by atoms with Crippen LogP contribution in [0.3, 0.4) is 0 Å². The number of nitrogens with zero attached hydrogens (tertiary/aromatic N) is 1. The van der Waals surface area contributed by atoms with Crippen LogP contribution in [0.2, 0.25) is 0 Å². The molecule has 2 aromatic carbocycles. The predicted octanol–water partition coefficient (Wildman–Crippen LogP) is 4.09. The number of nitrogens with one attached hydrogen (secondary N) is 2. The molecule has 3 rings (SSSR count). The van der Waals surface area contributed by atoms with Gasteiger partial charge >= 0.3 is 0 Å². The lowest BCUT2D eigenvalue weighted by atomic mass is 10.00. The van der Waals surface area contributed by atoms with Crippen LogP contribution in [-0.2, 0) is 6.54 Å². The average molecular weight is 389 g/mol. The molecule has 0 spiro atoms. The van der Waals surface area contributed by atoms with Crippen LogP contribution in [0, 0.1) is 0 Å². The number of hydrogen-bond acceptors (Lipinski definition) is 4. The van der Waals surface area contributed by atoms with Crippen LogP contribution in [0.1, 0.15) is 51.6 Å². The number of aromatic hydroxyl groups is 1. The molecule has 0 unspecified atom stereocenters. The topological polar surface area (TPSA) is 91.3 Å². The molecule has 3 N–H and O–H groups in total. The second-order valence-electron chi connectivity index (χ2n) is 7.00. The highest BCUT2D eigenvalue weighted by Gasteiger charge is 2.13. The predicted molar refractivity (Wildman–Crippen MR) is 112 cm³/mol. The number of aromatic nitrogens is 1. The quantitative estimate of drug-likeness (QED) is 0.592. The fourth-order valence-corrected chi connectivity index (χ4v) is 2.84. The average Bonchev–Trinajstić information content (AvgIpc) is 2.73. The van der Waals surface area contributed by atoms with Crippen molar-refractivity contribution < 1.29 is 14.7 Å². The first-order chi connectivity index (χ1) is 13.9. The van der Waals surface area contributed by atoms with Crippen molar-refractivity contribution in [2.24, 2.45) is 0 Å². The van der Waals surface area contributed by atoms with Crippen molar-refractivity contribution >= 4 is 17.5 Å². The van der Waals surface area contributed by atoms with E-state index < -0.39 is 0 Å². The third kappa shape index (κ3) is 5.19. The maximum absolute atomic E-state index is 12.5. The zero-order chi connectivity index (χ0) is 20.8. The summed E-state index contributed by atoms with van der Waals surface area (Å²) in [5, 5.41) is 15.7. The highest BCUT2D eigenvalue weighted by Crippen LogP contribution is 2.23. The standard InChI is InChI=1S/C23H23N3O3/c1-15(2)18-6-7-21(27)20(13-18)23(29)25-14-16-4-3-5-19(12-16)26-22(28)17-8-10-24-11-9-17/h3-13,15,27H,14H2,1-2H3,(H,25,29)(H,26,28). The number of anilines is 1. The molecule has 3 aromatic rings. The summed E-state index contributed by atoms with van der Waals surface area (Å²) in [5.74, 6) is -0.381. The minimum atomic E-state index is -0.351. The summed E-state index contributed by atoms with van der Waals surface area (Å²) in [6.45, 7) is 4.32. The highest BCUT2D eigenvalue weighted by atomic mass is 16.3. The summed E-state index contributed by atoms with van der Waals surface area (Å²) in [7, 11) is 0. The first kappa shape index (κ1) is 20.1. The Kier molecular flexibility index (Phi) is 6.24. The molecular formula is C23H23N3O3. The minimum Gasteiger partial charge on any atom is -0.507 e. The Bertz CT molecular complexity index is 1020. The van der Waals surface area contributed by atoms with Gasteiger partial charge in [0, 0.05) is 30.2 Å². The van der Waals surface area contributed by atoms with Gasteiger partial charge in [0.1, 0.15) is 5.75 Å². The van der Waals surface area contributed by atoms with Crippen molar-refractivity contribution in [1.82, 2.24) is 10.3 Å². The molecule has 29 heavy (non-hydrogen) atoms. The zero-order valence-corrected chi connectivity index (χ0v) is 16.3. The molecule has 6 heteroatoms. The van der Waals surface area contributed by atoms with E-state index >= 15 is 0 Å². The smallest absolute Gasteiger partial charge is 0.255 e. The van der Waals surface area contributed by atoms with E-state index in [0.29, 0.717) is 11.3 Å². The van der Waals surface area contributed by atoms with Crippen molar-refractivity contribution in [3.8, 4) is 5.75 Å². The molecule has 2 amide bonds. The molecule has 148 valence electrons. The van der Waals surface area contributed by atoms with Crippen molar-refractivity contribution in [3.05, 3.63) is 89.2 Å². The molecule has 0 aliphatic heterocycles. The molecule has 0 fully saturated rings. The molecule has 6 nitrogen and oxygen atoms in total. The lowest BCUT2D eigenvalue weighted by molar-refractivity contribution is 0.0947. The second-order valence-corrected chi connectivity index (χ2v) is 7.00. The van der Waals surface area contributed by atoms with Crippen LogP contribution < -0.4 is 10.6 Å². The lowest BCUT2D eigenvalue weighted by Crippen LogP contribution is -2.23. The van der Waals surface area contributed by atoms with E-state index in [1.54, 1.807) is 54.9 Å². The Labute approximate surface area is 169 Å². The molecule has 0 atom stereocenters. The molecular weight excluding hydrogens is 366 g/mol. The summed E-state index contributed by atoms with van der Waals surface area (Å²) in [5.41, 5.74) is 3.19. The first-order valence-electron chi connectivity index (χ1n) is 9.35. The molecule has 0 bridgehead atoms. The molecule has 0 aliphatic carbocycles. The maximum atomic E-state index is 12.5. The lowest BCUT2D eigenvalue weighted by Gasteiger charge is -2.11. The van der Waals surface area contributed by atoms with Gasteiger partial charge in [0.05, 0.1) is 5.56 Å². The van der Waals surface area contributed by atoms with Gasteiger partial charge in [-0.1, -0.05) is 32.0 Å². The Hall–Kier alpha value is -3.67. The van der Waals surface area contributed by atoms with Gasteiger partial charge in [-0.25, -0.2) is 0 Å². The molecule has 0 aliphatic rings. The summed E-state index contributed by atoms with van der Waals surface area (Å²) in [6.07, 6.45) is 3.12. The molecule has 1 heterocycles. The van der Waals surface area contributed by atoms with Crippen molar-refractivity contribution in [2.75, 3.05) is 5.32 Å². The van der Waals surface area contributed by atoms with Crippen LogP contribution in [-0.4, -0.2) is 21.9 Å². The highest BCUT2D eigenvalue weighted by molar-refractivity contribution is 6.04. The number of pyridine rings is 1. The minimum absolute atomic E-state index is 0.0507. The molecule has 0 saturated carbocycles.